The van der Waals surface area contributed by atoms with Gasteiger partial charge in [0.2, 0.25) is 0 Å². The molecule has 0 aliphatic carbocycles. The van der Waals surface area contributed by atoms with Gasteiger partial charge in [-0.2, -0.15) is 0 Å². The average molecular weight is 329 g/mol. The van der Waals surface area contributed by atoms with Crippen LogP contribution >= 0.6 is 0 Å². The molecule has 1 aromatic carbocycles. The van der Waals surface area contributed by atoms with Gasteiger partial charge in [-0.3, -0.25) is 4.79 Å². The van der Waals surface area contributed by atoms with Crippen molar-refractivity contribution in [3.63, 3.8) is 0 Å². The van der Waals surface area contributed by atoms with Gasteiger partial charge in [0.15, 0.2) is 0 Å². The monoisotopic (exact) mass is 329 g/mol. The highest BCUT2D eigenvalue weighted by molar-refractivity contribution is 5.94. The van der Waals surface area contributed by atoms with E-state index < -0.39 is 0 Å². The van der Waals surface area contributed by atoms with E-state index in [2.05, 4.69) is 9.97 Å². The molecule has 1 aromatic heterocycles. The fourth-order valence-corrected chi connectivity index (χ4v) is 2.94. The maximum Gasteiger partial charge on any atom is 0.274 e. The molecule has 1 amide bonds. The molecule has 3 rings (SSSR count). The van der Waals surface area contributed by atoms with Gasteiger partial charge in [-0.25, -0.2) is 4.98 Å². The third kappa shape index (κ3) is 3.01. The van der Waals surface area contributed by atoms with Crippen molar-refractivity contribution in [2.45, 2.75) is 26.3 Å². The number of hydrogen-bond acceptors (Lipinski definition) is 4. The first kappa shape index (κ1) is 16.5. The number of nitrogens with zero attached hydrogens (tertiary/aromatic N) is 2. The Morgan fingerprint density at radius 2 is 2.21 bits per heavy atom. The third-order valence-corrected chi connectivity index (χ3v) is 4.32. The first-order valence-corrected chi connectivity index (χ1v) is 8.03. The molecule has 128 valence electrons. The molecule has 0 atom stereocenters. The zero-order valence-corrected chi connectivity index (χ0v) is 14.5. The summed E-state index contributed by atoms with van der Waals surface area (Å²) in [5, 5.41) is 0. The lowest BCUT2D eigenvalue weighted by Crippen LogP contribution is -2.55. The van der Waals surface area contributed by atoms with Crippen molar-refractivity contribution in [2.24, 2.45) is 0 Å². The van der Waals surface area contributed by atoms with Crippen LogP contribution in [-0.4, -0.2) is 53.2 Å². The molecule has 6 nitrogen and oxygen atoms in total. The zero-order valence-electron chi connectivity index (χ0n) is 14.5. The van der Waals surface area contributed by atoms with Gasteiger partial charge in [-0.05, 0) is 32.9 Å². The minimum absolute atomic E-state index is 0.0637. The summed E-state index contributed by atoms with van der Waals surface area (Å²) in [4.78, 5) is 22.6. The standard InChI is InChI=1S/C18H23N3O3/c1-12-15(17(22)21-8-9-24-11-18(21,2)3)20-16(19-12)13-6-5-7-14(10-13)23-4/h5-7,10H,8-9,11H2,1-4H3,(H,19,20). The summed E-state index contributed by atoms with van der Waals surface area (Å²) in [5.41, 5.74) is 1.78. The molecule has 1 saturated heterocycles. The van der Waals surface area contributed by atoms with Crippen LogP contribution in [-0.2, 0) is 4.74 Å². The van der Waals surface area contributed by atoms with Crippen LogP contribution < -0.4 is 4.74 Å². The molecular formula is C18H23N3O3. The number of aromatic nitrogens is 2. The fourth-order valence-electron chi connectivity index (χ4n) is 2.94. The topological polar surface area (TPSA) is 67.4 Å². The molecule has 24 heavy (non-hydrogen) atoms. The molecule has 1 aliphatic heterocycles. The molecule has 1 aliphatic rings. The van der Waals surface area contributed by atoms with Crippen molar-refractivity contribution in [3.8, 4) is 17.1 Å². The van der Waals surface area contributed by atoms with Gasteiger partial charge in [0.05, 0.1) is 25.9 Å². The number of hydrogen-bond donors (Lipinski definition) is 1. The molecule has 0 unspecified atom stereocenters. The summed E-state index contributed by atoms with van der Waals surface area (Å²) in [5.74, 6) is 1.36. The van der Waals surface area contributed by atoms with Crippen molar-refractivity contribution in [1.29, 1.82) is 0 Å². The number of carbonyl (C=O) groups is 1. The number of morpholine rings is 1. The summed E-state index contributed by atoms with van der Waals surface area (Å²) in [6.45, 7) is 7.56. The van der Waals surface area contributed by atoms with Crippen LogP contribution in [0.3, 0.4) is 0 Å². The number of H-pyrrole nitrogens is 1. The van der Waals surface area contributed by atoms with Crippen LogP contribution in [0.5, 0.6) is 5.75 Å². The Kier molecular flexibility index (Phi) is 4.32. The highest BCUT2D eigenvalue weighted by Crippen LogP contribution is 2.26. The molecule has 2 heterocycles. The number of benzene rings is 1. The van der Waals surface area contributed by atoms with Crippen LogP contribution in [0.15, 0.2) is 24.3 Å². The van der Waals surface area contributed by atoms with Gasteiger partial charge in [0.25, 0.3) is 5.91 Å². The third-order valence-electron chi connectivity index (χ3n) is 4.32. The minimum atomic E-state index is -0.336. The van der Waals surface area contributed by atoms with E-state index in [-0.39, 0.29) is 11.4 Å². The molecule has 0 spiro atoms. The number of amides is 1. The number of carbonyl (C=O) groups excluding carboxylic acids is 1. The predicted octanol–water partition coefficient (Wildman–Crippen LogP) is 2.64. The van der Waals surface area contributed by atoms with Crippen LogP contribution in [0.1, 0.15) is 30.0 Å². The maximum absolute atomic E-state index is 13.0. The molecule has 2 aromatic rings. The fraction of sp³-hybridized carbons (Fsp3) is 0.444. The number of nitrogens with one attached hydrogen (secondary N) is 1. The number of methoxy groups -OCH3 is 1. The lowest BCUT2D eigenvalue weighted by Gasteiger charge is -2.41. The summed E-state index contributed by atoms with van der Waals surface area (Å²) in [6.07, 6.45) is 0. The molecule has 1 fully saturated rings. The number of ether oxygens (including phenoxy) is 2. The minimum Gasteiger partial charge on any atom is -0.497 e. The zero-order chi connectivity index (χ0) is 17.3. The van der Waals surface area contributed by atoms with Crippen molar-refractivity contribution >= 4 is 5.91 Å². The predicted molar refractivity (Wildman–Crippen MR) is 91.2 cm³/mol. The second-order valence-corrected chi connectivity index (χ2v) is 6.61. The van der Waals surface area contributed by atoms with E-state index in [1.165, 1.54) is 0 Å². The second kappa shape index (κ2) is 6.28. The maximum atomic E-state index is 13.0. The van der Waals surface area contributed by atoms with Crippen molar-refractivity contribution in [3.05, 3.63) is 35.7 Å². The lowest BCUT2D eigenvalue weighted by molar-refractivity contribution is -0.0373. The molecule has 6 heteroatoms. The Bertz CT molecular complexity index is 752. The largest absolute Gasteiger partial charge is 0.497 e. The van der Waals surface area contributed by atoms with Gasteiger partial charge in [0, 0.05) is 17.8 Å². The van der Waals surface area contributed by atoms with Crippen LogP contribution in [0.2, 0.25) is 0 Å². The first-order valence-electron chi connectivity index (χ1n) is 8.03. The van der Waals surface area contributed by atoms with Gasteiger partial charge in [-0.15, -0.1) is 0 Å². The van der Waals surface area contributed by atoms with E-state index in [1.54, 1.807) is 7.11 Å². The molecule has 0 bridgehead atoms. The SMILES string of the molecule is COc1cccc(-c2nc(C(=O)N3CCOCC3(C)C)c(C)[nH]2)c1. The Hall–Kier alpha value is -2.34. The molecule has 0 saturated carbocycles. The van der Waals surface area contributed by atoms with Crippen LogP contribution in [0, 0.1) is 6.92 Å². The van der Waals surface area contributed by atoms with Gasteiger partial charge >= 0.3 is 0 Å². The van der Waals surface area contributed by atoms with Crippen molar-refractivity contribution in [2.75, 3.05) is 26.9 Å². The van der Waals surface area contributed by atoms with E-state index in [9.17, 15) is 4.79 Å². The van der Waals surface area contributed by atoms with Crippen LogP contribution in [0.25, 0.3) is 11.4 Å². The summed E-state index contributed by atoms with van der Waals surface area (Å²) in [7, 11) is 1.63. The van der Waals surface area contributed by atoms with E-state index in [0.717, 1.165) is 17.0 Å². The Labute approximate surface area is 141 Å². The Balaban J connectivity index is 1.92. The van der Waals surface area contributed by atoms with Gasteiger partial charge in [0.1, 0.15) is 17.3 Å². The summed E-state index contributed by atoms with van der Waals surface area (Å²) < 4.78 is 10.7. The van der Waals surface area contributed by atoms with Gasteiger partial charge in [-0.1, -0.05) is 12.1 Å². The molecular weight excluding hydrogens is 306 g/mol. The number of aromatic amines is 1. The van der Waals surface area contributed by atoms with Crippen LogP contribution in [0.4, 0.5) is 0 Å². The summed E-state index contributed by atoms with van der Waals surface area (Å²) in [6, 6.07) is 7.61. The van der Waals surface area contributed by atoms with E-state index >= 15 is 0 Å². The smallest absolute Gasteiger partial charge is 0.274 e. The van der Waals surface area contributed by atoms with E-state index in [4.69, 9.17) is 9.47 Å². The quantitative estimate of drug-likeness (QED) is 0.940. The normalized spacial score (nSPS) is 16.9. The number of imidazole rings is 1. The van der Waals surface area contributed by atoms with Gasteiger partial charge < -0.3 is 19.4 Å². The first-order chi connectivity index (χ1) is 11.4. The molecule has 1 N–H and O–H groups in total. The Morgan fingerprint density at radius 3 is 2.92 bits per heavy atom. The van der Waals surface area contributed by atoms with E-state index in [0.29, 0.717) is 31.3 Å². The van der Waals surface area contributed by atoms with E-state index in [1.807, 2.05) is 49.9 Å². The average Bonchev–Trinajstić information content (AvgIpc) is 2.96. The lowest BCUT2D eigenvalue weighted by atomic mass is 10.0. The number of aryl methyl sites for hydroxylation is 1. The van der Waals surface area contributed by atoms with Crippen molar-refractivity contribution in [1.82, 2.24) is 14.9 Å². The van der Waals surface area contributed by atoms with Crippen molar-refractivity contribution < 1.29 is 14.3 Å². The highest BCUT2D eigenvalue weighted by Gasteiger charge is 2.36. The number of rotatable bonds is 3. The summed E-state index contributed by atoms with van der Waals surface area (Å²) >= 11 is 0. The Morgan fingerprint density at radius 1 is 1.42 bits per heavy atom. The molecule has 0 radical (unpaired) electrons. The highest BCUT2D eigenvalue weighted by atomic mass is 16.5. The second-order valence-electron chi connectivity index (χ2n) is 6.61.